The van der Waals surface area contributed by atoms with Crippen molar-refractivity contribution in [2.75, 3.05) is 11.1 Å². The molecule has 0 aliphatic heterocycles. The highest BCUT2D eigenvalue weighted by Crippen LogP contribution is 2.20. The van der Waals surface area contributed by atoms with Gasteiger partial charge in [-0.25, -0.2) is 0 Å². The summed E-state index contributed by atoms with van der Waals surface area (Å²) < 4.78 is 1.91. The number of anilines is 1. The minimum absolute atomic E-state index is 0.00509. The number of benzene rings is 1. The summed E-state index contributed by atoms with van der Waals surface area (Å²) in [5, 5.41) is 11.7. The molecule has 0 aliphatic carbocycles. The molecular formula is C19H24N4O2S. The van der Waals surface area contributed by atoms with Crippen molar-refractivity contribution >= 4 is 29.1 Å². The number of nitrogens with one attached hydrogen (secondary N) is 1. The van der Waals surface area contributed by atoms with Crippen LogP contribution in [0.25, 0.3) is 0 Å². The maximum Gasteiger partial charge on any atom is 0.229 e. The summed E-state index contributed by atoms with van der Waals surface area (Å²) in [6.45, 7) is 11.8. The molecule has 0 bridgehead atoms. The molecule has 0 atom stereocenters. The Balaban J connectivity index is 1.98. The Labute approximate surface area is 158 Å². The lowest BCUT2D eigenvalue weighted by atomic mass is 9.95. The fraction of sp³-hybridized carbons (Fsp3) is 0.368. The summed E-state index contributed by atoms with van der Waals surface area (Å²) in [5.41, 5.74) is 0.804. The molecule has 1 aromatic carbocycles. The molecule has 0 spiro atoms. The molecule has 6 nitrogen and oxygen atoms in total. The van der Waals surface area contributed by atoms with Gasteiger partial charge < -0.3 is 9.88 Å². The fourth-order valence-corrected chi connectivity index (χ4v) is 2.97. The molecule has 1 aromatic heterocycles. The lowest BCUT2D eigenvalue weighted by molar-refractivity contribution is -0.123. The summed E-state index contributed by atoms with van der Waals surface area (Å²) >= 11 is 1.35. The summed E-state index contributed by atoms with van der Waals surface area (Å²) in [6, 6.07) is 6.93. The van der Waals surface area contributed by atoms with Crippen LogP contribution in [0.4, 0.5) is 5.69 Å². The molecule has 0 fully saturated rings. The van der Waals surface area contributed by atoms with Crippen molar-refractivity contribution in [3.8, 4) is 0 Å². The Kier molecular flexibility index (Phi) is 6.37. The zero-order valence-electron chi connectivity index (χ0n) is 15.6. The normalized spacial score (nSPS) is 11.2. The van der Waals surface area contributed by atoms with E-state index in [1.54, 1.807) is 30.3 Å². The highest BCUT2D eigenvalue weighted by atomic mass is 32.2. The van der Waals surface area contributed by atoms with Gasteiger partial charge in [-0.3, -0.25) is 9.59 Å². The Morgan fingerprint density at radius 1 is 1.23 bits per heavy atom. The first-order valence-electron chi connectivity index (χ1n) is 8.30. The quantitative estimate of drug-likeness (QED) is 0.455. The molecule has 0 unspecified atom stereocenters. The van der Waals surface area contributed by atoms with E-state index in [1.165, 1.54) is 11.8 Å². The van der Waals surface area contributed by atoms with Crippen molar-refractivity contribution in [1.82, 2.24) is 14.8 Å². The van der Waals surface area contributed by atoms with Gasteiger partial charge in [0.05, 0.1) is 5.75 Å². The maximum absolute atomic E-state index is 12.4. The fourth-order valence-electron chi connectivity index (χ4n) is 2.08. The van der Waals surface area contributed by atoms with E-state index in [0.29, 0.717) is 23.0 Å². The smallest absolute Gasteiger partial charge is 0.229 e. The van der Waals surface area contributed by atoms with E-state index < -0.39 is 5.41 Å². The molecule has 0 radical (unpaired) electrons. The second-order valence-electron chi connectivity index (χ2n) is 6.92. The average Bonchev–Trinajstić information content (AvgIpc) is 2.93. The number of aromatic nitrogens is 3. The zero-order valence-corrected chi connectivity index (χ0v) is 16.4. The molecule has 2 aromatic rings. The zero-order chi connectivity index (χ0) is 19.3. The number of carbonyl (C=O) groups is 2. The molecule has 0 saturated heterocycles. The van der Waals surface area contributed by atoms with Crippen LogP contribution < -0.4 is 5.32 Å². The SMILES string of the molecule is C=CCn1c(C)nnc1SCC(=O)c1ccc(NC(=O)C(C)(C)C)cc1. The number of amides is 1. The highest BCUT2D eigenvalue weighted by Gasteiger charge is 2.21. The van der Waals surface area contributed by atoms with E-state index in [1.807, 2.05) is 32.3 Å². The van der Waals surface area contributed by atoms with E-state index in [0.717, 1.165) is 5.82 Å². The van der Waals surface area contributed by atoms with Gasteiger partial charge >= 0.3 is 0 Å². The van der Waals surface area contributed by atoms with Gasteiger partial charge in [0.1, 0.15) is 5.82 Å². The molecular weight excluding hydrogens is 348 g/mol. The standard InChI is InChI=1S/C19H24N4O2S/c1-6-11-23-13(2)21-22-18(23)26-12-16(24)14-7-9-15(10-8-14)20-17(25)19(3,4)5/h6-10H,1,11-12H2,2-5H3,(H,20,25). The number of hydrogen-bond acceptors (Lipinski definition) is 5. The van der Waals surface area contributed by atoms with Crippen molar-refractivity contribution in [3.05, 3.63) is 48.3 Å². The number of allylic oxidation sites excluding steroid dienone is 1. The number of ketones is 1. The second kappa shape index (κ2) is 8.31. The third-order valence-electron chi connectivity index (χ3n) is 3.69. The topological polar surface area (TPSA) is 76.9 Å². The van der Waals surface area contributed by atoms with Gasteiger partial charge in [0.15, 0.2) is 10.9 Å². The van der Waals surface area contributed by atoms with Crippen LogP contribution in [-0.2, 0) is 11.3 Å². The van der Waals surface area contributed by atoms with Gasteiger partial charge in [-0.2, -0.15) is 0 Å². The molecule has 138 valence electrons. The number of aryl methyl sites for hydroxylation is 1. The Morgan fingerprint density at radius 3 is 2.46 bits per heavy atom. The Hall–Kier alpha value is -2.41. The van der Waals surface area contributed by atoms with E-state index in [-0.39, 0.29) is 17.4 Å². The number of thioether (sulfide) groups is 1. The summed E-state index contributed by atoms with van der Waals surface area (Å²) in [6.07, 6.45) is 1.77. The summed E-state index contributed by atoms with van der Waals surface area (Å²) in [7, 11) is 0. The molecule has 2 rings (SSSR count). The number of carbonyl (C=O) groups excluding carboxylic acids is 2. The second-order valence-corrected chi connectivity index (χ2v) is 7.86. The van der Waals surface area contributed by atoms with Crippen LogP contribution in [0.2, 0.25) is 0 Å². The van der Waals surface area contributed by atoms with Crippen LogP contribution in [0.5, 0.6) is 0 Å². The molecule has 1 N–H and O–H groups in total. The maximum atomic E-state index is 12.4. The van der Waals surface area contributed by atoms with Crippen LogP contribution in [0.3, 0.4) is 0 Å². The van der Waals surface area contributed by atoms with Gasteiger partial charge in [-0.1, -0.05) is 38.6 Å². The minimum Gasteiger partial charge on any atom is -0.326 e. The Morgan fingerprint density at radius 2 is 1.88 bits per heavy atom. The molecule has 7 heteroatoms. The van der Waals surface area contributed by atoms with Crippen molar-refractivity contribution in [1.29, 1.82) is 0 Å². The number of hydrogen-bond donors (Lipinski definition) is 1. The molecule has 1 amide bonds. The molecule has 1 heterocycles. The van der Waals surface area contributed by atoms with E-state index in [2.05, 4.69) is 22.1 Å². The van der Waals surface area contributed by atoms with E-state index in [9.17, 15) is 9.59 Å². The minimum atomic E-state index is -0.468. The van der Waals surface area contributed by atoms with Crippen LogP contribution in [0.15, 0.2) is 42.1 Å². The van der Waals surface area contributed by atoms with Gasteiger partial charge in [0, 0.05) is 23.2 Å². The lowest BCUT2D eigenvalue weighted by Crippen LogP contribution is -2.27. The van der Waals surface area contributed by atoms with Gasteiger partial charge in [0.2, 0.25) is 5.91 Å². The molecule has 0 saturated carbocycles. The first-order valence-corrected chi connectivity index (χ1v) is 9.29. The van der Waals surface area contributed by atoms with Crippen molar-refractivity contribution in [2.45, 2.75) is 39.4 Å². The highest BCUT2D eigenvalue weighted by molar-refractivity contribution is 7.99. The van der Waals surface area contributed by atoms with Gasteiger partial charge in [-0.15, -0.1) is 16.8 Å². The first kappa shape index (κ1) is 19.9. The van der Waals surface area contributed by atoms with Crippen molar-refractivity contribution in [2.24, 2.45) is 5.41 Å². The Bertz CT molecular complexity index is 804. The van der Waals surface area contributed by atoms with Crippen LogP contribution in [-0.4, -0.2) is 32.2 Å². The molecule has 0 aliphatic rings. The van der Waals surface area contributed by atoms with Gasteiger partial charge in [0.25, 0.3) is 0 Å². The van der Waals surface area contributed by atoms with Crippen LogP contribution >= 0.6 is 11.8 Å². The van der Waals surface area contributed by atoms with Crippen molar-refractivity contribution < 1.29 is 9.59 Å². The van der Waals surface area contributed by atoms with Crippen molar-refractivity contribution in [3.63, 3.8) is 0 Å². The number of Topliss-reactive ketones (excluding diaryl/α,β-unsaturated/α-hetero) is 1. The molecule has 26 heavy (non-hydrogen) atoms. The predicted molar refractivity (Wildman–Crippen MR) is 105 cm³/mol. The summed E-state index contributed by atoms with van der Waals surface area (Å²) in [4.78, 5) is 24.4. The van der Waals surface area contributed by atoms with Crippen LogP contribution in [0, 0.1) is 12.3 Å². The van der Waals surface area contributed by atoms with Gasteiger partial charge in [-0.05, 0) is 31.2 Å². The first-order chi connectivity index (χ1) is 12.2. The van der Waals surface area contributed by atoms with E-state index in [4.69, 9.17) is 0 Å². The third-order valence-corrected chi connectivity index (χ3v) is 4.66. The number of rotatable bonds is 7. The number of nitrogens with zero attached hydrogens (tertiary/aromatic N) is 3. The monoisotopic (exact) mass is 372 g/mol. The van der Waals surface area contributed by atoms with E-state index >= 15 is 0 Å². The third kappa shape index (κ3) is 5.05. The average molecular weight is 372 g/mol. The largest absolute Gasteiger partial charge is 0.326 e. The summed E-state index contributed by atoms with van der Waals surface area (Å²) in [5.74, 6) is 0.987. The lowest BCUT2D eigenvalue weighted by Gasteiger charge is -2.17. The van der Waals surface area contributed by atoms with Crippen LogP contribution in [0.1, 0.15) is 37.0 Å². The predicted octanol–water partition coefficient (Wildman–Crippen LogP) is 3.73.